The van der Waals surface area contributed by atoms with E-state index in [1.165, 1.54) is 0 Å². The molecule has 0 saturated heterocycles. The van der Waals surface area contributed by atoms with Gasteiger partial charge in [0.1, 0.15) is 0 Å². The minimum atomic E-state index is -0.880. The molecule has 1 heterocycles. The van der Waals surface area contributed by atoms with Gasteiger partial charge in [-0.3, -0.25) is 9.59 Å². The Balaban J connectivity index is 1.68. The fraction of sp³-hybridized carbons (Fsp3) is 0.500. The first-order valence-corrected chi connectivity index (χ1v) is 5.14. The van der Waals surface area contributed by atoms with Crippen LogP contribution in [0.15, 0.2) is 18.7 Å². The summed E-state index contributed by atoms with van der Waals surface area (Å²) in [5.41, 5.74) is 0. The van der Waals surface area contributed by atoms with Crippen LogP contribution in [0.1, 0.15) is 6.42 Å². The fourth-order valence-corrected chi connectivity index (χ4v) is 1.62. The number of carbonyl (C=O) groups is 2. The summed E-state index contributed by atoms with van der Waals surface area (Å²) in [6.07, 6.45) is 5.61. The Kier molecular flexibility index (Phi) is 2.89. The van der Waals surface area contributed by atoms with Gasteiger partial charge in [-0.15, -0.1) is 0 Å². The third-order valence-corrected chi connectivity index (χ3v) is 2.67. The molecule has 2 N–H and O–H groups in total. The van der Waals surface area contributed by atoms with Gasteiger partial charge in [0.15, 0.2) is 0 Å². The Morgan fingerprint density at radius 2 is 2.31 bits per heavy atom. The van der Waals surface area contributed by atoms with Crippen molar-refractivity contribution in [3.05, 3.63) is 18.7 Å². The van der Waals surface area contributed by atoms with Crippen molar-refractivity contribution in [2.45, 2.75) is 13.0 Å². The highest BCUT2D eigenvalue weighted by atomic mass is 16.4. The van der Waals surface area contributed by atoms with Crippen LogP contribution in [-0.4, -0.2) is 33.1 Å². The van der Waals surface area contributed by atoms with Crippen molar-refractivity contribution in [1.29, 1.82) is 0 Å². The number of amides is 1. The van der Waals surface area contributed by atoms with Gasteiger partial charge >= 0.3 is 5.97 Å². The van der Waals surface area contributed by atoms with Crippen molar-refractivity contribution < 1.29 is 14.7 Å². The largest absolute Gasteiger partial charge is 0.481 e. The summed E-state index contributed by atoms with van der Waals surface area (Å²) in [6, 6.07) is 0. The van der Waals surface area contributed by atoms with Crippen LogP contribution in [-0.2, 0) is 16.1 Å². The summed E-state index contributed by atoms with van der Waals surface area (Å²) in [5, 5.41) is 11.4. The summed E-state index contributed by atoms with van der Waals surface area (Å²) in [5.74, 6) is -1.85. The van der Waals surface area contributed by atoms with Gasteiger partial charge in [0, 0.05) is 25.5 Å². The van der Waals surface area contributed by atoms with Crippen LogP contribution in [0.25, 0.3) is 0 Å². The molecule has 86 valence electrons. The smallest absolute Gasteiger partial charge is 0.307 e. The summed E-state index contributed by atoms with van der Waals surface area (Å²) in [6.45, 7) is 1.15. The SMILES string of the molecule is O=C(O)C1CC1C(=O)NCCn1ccnc1. The molecular formula is C10H13N3O3. The first kappa shape index (κ1) is 10.7. The minimum Gasteiger partial charge on any atom is -0.481 e. The number of carbonyl (C=O) groups excluding carboxylic acids is 1. The molecule has 1 amide bonds. The molecule has 1 saturated carbocycles. The Labute approximate surface area is 92.3 Å². The zero-order valence-electron chi connectivity index (χ0n) is 8.67. The van der Waals surface area contributed by atoms with E-state index in [1.807, 2.05) is 10.8 Å². The first-order chi connectivity index (χ1) is 7.68. The van der Waals surface area contributed by atoms with E-state index in [0.717, 1.165) is 0 Å². The number of aromatic nitrogens is 2. The van der Waals surface area contributed by atoms with E-state index < -0.39 is 11.9 Å². The average Bonchev–Trinajstić information content (AvgIpc) is 2.90. The van der Waals surface area contributed by atoms with E-state index in [4.69, 9.17) is 5.11 Å². The normalized spacial score (nSPS) is 22.8. The standard InChI is InChI=1S/C10H13N3O3/c14-9(7-5-8(7)10(15)16)12-2-4-13-3-1-11-6-13/h1,3,6-8H,2,4-5H2,(H,12,14)(H,15,16). The number of hydrogen-bond acceptors (Lipinski definition) is 3. The second-order valence-electron chi connectivity index (χ2n) is 3.88. The molecule has 0 bridgehead atoms. The molecule has 1 aliphatic rings. The topological polar surface area (TPSA) is 84.2 Å². The van der Waals surface area contributed by atoms with Gasteiger partial charge in [0.25, 0.3) is 0 Å². The van der Waals surface area contributed by atoms with Gasteiger partial charge in [-0.1, -0.05) is 0 Å². The van der Waals surface area contributed by atoms with Gasteiger partial charge < -0.3 is 15.0 Å². The number of imidazole rings is 1. The Morgan fingerprint density at radius 3 is 2.88 bits per heavy atom. The molecule has 1 aromatic heterocycles. The molecule has 0 aliphatic heterocycles. The quantitative estimate of drug-likeness (QED) is 0.719. The third kappa shape index (κ3) is 2.39. The lowest BCUT2D eigenvalue weighted by Crippen LogP contribution is -2.29. The van der Waals surface area contributed by atoms with Gasteiger partial charge in [-0.05, 0) is 6.42 Å². The molecule has 2 rings (SSSR count). The lowest BCUT2D eigenvalue weighted by atomic mass is 10.3. The van der Waals surface area contributed by atoms with E-state index in [-0.39, 0.29) is 11.8 Å². The van der Waals surface area contributed by atoms with Gasteiger partial charge in [-0.2, -0.15) is 0 Å². The average molecular weight is 223 g/mol. The number of carboxylic acids is 1. The number of hydrogen-bond donors (Lipinski definition) is 2. The Bertz CT molecular complexity index is 388. The molecule has 6 nitrogen and oxygen atoms in total. The summed E-state index contributed by atoms with van der Waals surface area (Å²) < 4.78 is 1.85. The van der Waals surface area contributed by atoms with E-state index in [9.17, 15) is 9.59 Å². The van der Waals surface area contributed by atoms with Crippen LogP contribution in [0, 0.1) is 11.8 Å². The molecule has 1 aromatic rings. The molecule has 1 aliphatic carbocycles. The van der Waals surface area contributed by atoms with Crippen molar-refractivity contribution in [3.63, 3.8) is 0 Å². The van der Waals surface area contributed by atoms with Crippen molar-refractivity contribution in [1.82, 2.24) is 14.9 Å². The summed E-state index contributed by atoms with van der Waals surface area (Å²) in [4.78, 5) is 25.9. The van der Waals surface area contributed by atoms with E-state index in [0.29, 0.717) is 19.5 Å². The third-order valence-electron chi connectivity index (χ3n) is 2.67. The number of carboxylic acid groups (broad SMARTS) is 1. The van der Waals surface area contributed by atoms with E-state index in [1.54, 1.807) is 12.5 Å². The predicted molar refractivity (Wildman–Crippen MR) is 54.5 cm³/mol. The maximum Gasteiger partial charge on any atom is 0.307 e. The monoisotopic (exact) mass is 223 g/mol. The Morgan fingerprint density at radius 1 is 1.50 bits per heavy atom. The number of nitrogens with zero attached hydrogens (tertiary/aromatic N) is 2. The molecule has 0 radical (unpaired) electrons. The van der Waals surface area contributed by atoms with Crippen molar-refractivity contribution >= 4 is 11.9 Å². The molecule has 0 spiro atoms. The van der Waals surface area contributed by atoms with E-state index in [2.05, 4.69) is 10.3 Å². The highest BCUT2D eigenvalue weighted by molar-refractivity contribution is 5.89. The molecule has 2 atom stereocenters. The zero-order chi connectivity index (χ0) is 11.5. The lowest BCUT2D eigenvalue weighted by Gasteiger charge is -2.04. The van der Waals surface area contributed by atoms with Crippen molar-refractivity contribution in [3.8, 4) is 0 Å². The molecule has 1 fully saturated rings. The second kappa shape index (κ2) is 4.34. The van der Waals surface area contributed by atoms with E-state index >= 15 is 0 Å². The van der Waals surface area contributed by atoms with Crippen molar-refractivity contribution in [2.24, 2.45) is 11.8 Å². The summed E-state index contributed by atoms with van der Waals surface area (Å²) >= 11 is 0. The fourth-order valence-electron chi connectivity index (χ4n) is 1.62. The second-order valence-corrected chi connectivity index (χ2v) is 3.88. The molecule has 16 heavy (non-hydrogen) atoms. The van der Waals surface area contributed by atoms with Gasteiger partial charge in [-0.25, -0.2) is 4.98 Å². The van der Waals surface area contributed by atoms with Crippen LogP contribution >= 0.6 is 0 Å². The maximum atomic E-state index is 11.4. The van der Waals surface area contributed by atoms with Crippen LogP contribution < -0.4 is 5.32 Å². The lowest BCUT2D eigenvalue weighted by molar-refractivity contribution is -0.140. The molecular weight excluding hydrogens is 210 g/mol. The zero-order valence-corrected chi connectivity index (χ0v) is 8.67. The summed E-state index contributed by atoms with van der Waals surface area (Å²) in [7, 11) is 0. The number of rotatable bonds is 5. The highest BCUT2D eigenvalue weighted by Gasteiger charge is 2.48. The predicted octanol–water partition coefficient (Wildman–Crippen LogP) is -0.280. The van der Waals surface area contributed by atoms with Gasteiger partial charge in [0.05, 0.1) is 18.2 Å². The first-order valence-electron chi connectivity index (χ1n) is 5.14. The maximum absolute atomic E-state index is 11.4. The highest BCUT2D eigenvalue weighted by Crippen LogP contribution is 2.38. The number of aliphatic carboxylic acids is 1. The molecule has 6 heteroatoms. The van der Waals surface area contributed by atoms with Crippen LogP contribution in [0.2, 0.25) is 0 Å². The van der Waals surface area contributed by atoms with Crippen LogP contribution in [0.4, 0.5) is 0 Å². The van der Waals surface area contributed by atoms with Crippen LogP contribution in [0.5, 0.6) is 0 Å². The van der Waals surface area contributed by atoms with Gasteiger partial charge in [0.2, 0.25) is 5.91 Å². The number of nitrogens with one attached hydrogen (secondary N) is 1. The minimum absolute atomic E-state index is 0.160. The van der Waals surface area contributed by atoms with Crippen LogP contribution in [0.3, 0.4) is 0 Å². The molecule has 0 aromatic carbocycles. The molecule has 2 unspecified atom stereocenters. The van der Waals surface area contributed by atoms with Crippen molar-refractivity contribution in [2.75, 3.05) is 6.54 Å². The Hall–Kier alpha value is -1.85.